The maximum absolute atomic E-state index is 13.1. The Morgan fingerprint density at radius 1 is 1.02 bits per heavy atom. The van der Waals surface area contributed by atoms with Crippen LogP contribution in [-0.4, -0.2) is 77.8 Å². The van der Waals surface area contributed by atoms with E-state index in [1.165, 1.54) is 22.7 Å². The first-order valence-corrected chi connectivity index (χ1v) is 14.8. The van der Waals surface area contributed by atoms with Crippen molar-refractivity contribution in [2.24, 2.45) is 0 Å². The third kappa shape index (κ3) is 9.01. The molecule has 0 atom stereocenters. The number of amides is 4. The molecule has 1 aliphatic heterocycles. The van der Waals surface area contributed by atoms with Crippen LogP contribution < -0.4 is 16.0 Å². The number of nitrogens with zero attached hydrogens (tertiary/aromatic N) is 3. The van der Waals surface area contributed by atoms with Gasteiger partial charge in [0, 0.05) is 55.1 Å². The lowest BCUT2D eigenvalue weighted by Crippen LogP contribution is -2.44. The second-order valence-corrected chi connectivity index (χ2v) is 11.7. The van der Waals surface area contributed by atoms with E-state index in [2.05, 4.69) is 25.8 Å². The number of aromatic nitrogens is 1. The zero-order chi connectivity index (χ0) is 28.5. The van der Waals surface area contributed by atoms with Crippen molar-refractivity contribution < 1.29 is 23.9 Å². The van der Waals surface area contributed by atoms with Crippen molar-refractivity contribution in [3.63, 3.8) is 0 Å². The Balaban J connectivity index is 1.37. The number of rotatable bonds is 9. The molecule has 13 heteroatoms. The van der Waals surface area contributed by atoms with Gasteiger partial charge in [-0.25, -0.2) is 9.59 Å². The monoisotopic (exact) mass is 586 g/mol. The Kier molecular flexibility index (Phi) is 10.1. The zero-order valence-corrected chi connectivity index (χ0v) is 24.4. The Bertz CT molecular complexity index is 1270. The highest BCUT2D eigenvalue weighted by atomic mass is 32.1. The number of urea groups is 1. The lowest BCUT2D eigenvalue weighted by molar-refractivity contribution is 0.0349. The number of thiophene rings is 2. The summed E-state index contributed by atoms with van der Waals surface area (Å²) in [7, 11) is 0. The molecule has 0 saturated carbocycles. The lowest BCUT2D eigenvalue weighted by Gasteiger charge is -2.30. The Labute approximate surface area is 241 Å². The number of carbonyl (C=O) groups is 3. The van der Waals surface area contributed by atoms with E-state index in [-0.39, 0.29) is 11.7 Å². The quantitative estimate of drug-likeness (QED) is 0.316. The number of morpholine rings is 1. The topological polar surface area (TPSA) is 125 Å². The molecule has 4 rings (SSSR count). The molecule has 1 fully saturated rings. The first kappa shape index (κ1) is 29.5. The van der Waals surface area contributed by atoms with Crippen LogP contribution in [0.4, 0.5) is 26.7 Å². The standard InChI is InChI=1S/C27H34N6O5S2/c1-27(2,3)38-26(36)31-23-18-40-17-22(23)30-24(34)21-5-4-19(14-28-21)15-33(8-7-32-9-11-37-12-10-32)25(35)29-20-6-13-39-16-20/h4-6,13-14,16-18H,7-12,15H2,1-3H3,(H,29,35)(H,30,34)(H,31,36). The van der Waals surface area contributed by atoms with Gasteiger partial charge >= 0.3 is 12.1 Å². The summed E-state index contributed by atoms with van der Waals surface area (Å²) < 4.78 is 10.7. The summed E-state index contributed by atoms with van der Waals surface area (Å²) in [6.07, 6.45) is 0.993. The average Bonchev–Trinajstić information content (AvgIpc) is 3.58. The second-order valence-electron chi connectivity index (χ2n) is 10.1. The highest BCUT2D eigenvalue weighted by Gasteiger charge is 2.20. The van der Waals surface area contributed by atoms with Crippen LogP contribution in [0, 0.1) is 0 Å². The van der Waals surface area contributed by atoms with Crippen molar-refractivity contribution >= 4 is 57.8 Å². The van der Waals surface area contributed by atoms with E-state index < -0.39 is 17.6 Å². The first-order chi connectivity index (χ1) is 19.2. The van der Waals surface area contributed by atoms with Gasteiger partial charge in [-0.1, -0.05) is 6.07 Å². The van der Waals surface area contributed by atoms with Gasteiger partial charge in [0.25, 0.3) is 5.91 Å². The van der Waals surface area contributed by atoms with E-state index in [0.29, 0.717) is 37.7 Å². The molecule has 4 amide bonds. The normalized spacial score (nSPS) is 13.9. The summed E-state index contributed by atoms with van der Waals surface area (Å²) in [5.41, 5.74) is 2.01. The number of carbonyl (C=O) groups excluding carboxylic acids is 3. The van der Waals surface area contributed by atoms with Gasteiger partial charge in [-0.15, -0.1) is 11.3 Å². The van der Waals surface area contributed by atoms with Crippen molar-refractivity contribution in [2.45, 2.75) is 32.9 Å². The van der Waals surface area contributed by atoms with Crippen molar-refractivity contribution in [1.29, 1.82) is 0 Å². The predicted molar refractivity (Wildman–Crippen MR) is 157 cm³/mol. The average molecular weight is 587 g/mol. The molecule has 0 aromatic carbocycles. The fourth-order valence-electron chi connectivity index (χ4n) is 3.84. The number of hydrogen-bond donors (Lipinski definition) is 3. The van der Waals surface area contributed by atoms with Crippen LogP contribution in [0.15, 0.2) is 45.9 Å². The summed E-state index contributed by atoms with van der Waals surface area (Å²) in [6.45, 7) is 9.99. The lowest BCUT2D eigenvalue weighted by atomic mass is 10.2. The summed E-state index contributed by atoms with van der Waals surface area (Å²) >= 11 is 2.85. The van der Waals surface area contributed by atoms with Crippen LogP contribution in [0.25, 0.3) is 0 Å². The summed E-state index contributed by atoms with van der Waals surface area (Å²) in [4.78, 5) is 46.4. The summed E-state index contributed by atoms with van der Waals surface area (Å²) in [5, 5.41) is 15.6. The SMILES string of the molecule is CC(C)(C)OC(=O)Nc1cscc1NC(=O)c1ccc(CN(CCN2CCOCC2)C(=O)Nc2ccsc2)cn1. The highest BCUT2D eigenvalue weighted by Crippen LogP contribution is 2.27. The maximum atomic E-state index is 13.1. The molecule has 0 spiro atoms. The van der Waals surface area contributed by atoms with Crippen LogP contribution in [-0.2, 0) is 16.0 Å². The minimum Gasteiger partial charge on any atom is -0.444 e. The molecule has 0 aliphatic carbocycles. The van der Waals surface area contributed by atoms with E-state index in [1.807, 2.05) is 16.8 Å². The Morgan fingerprint density at radius 2 is 1.77 bits per heavy atom. The molecule has 214 valence electrons. The molecule has 3 N–H and O–H groups in total. The second kappa shape index (κ2) is 13.7. The van der Waals surface area contributed by atoms with E-state index in [4.69, 9.17) is 9.47 Å². The largest absolute Gasteiger partial charge is 0.444 e. The summed E-state index contributed by atoms with van der Waals surface area (Å²) in [5.74, 6) is -0.420. The van der Waals surface area contributed by atoms with Crippen LogP contribution in [0.3, 0.4) is 0 Å². The van der Waals surface area contributed by atoms with E-state index in [9.17, 15) is 14.4 Å². The first-order valence-electron chi connectivity index (χ1n) is 12.9. The van der Waals surface area contributed by atoms with E-state index in [0.717, 1.165) is 30.9 Å². The highest BCUT2D eigenvalue weighted by molar-refractivity contribution is 7.09. The van der Waals surface area contributed by atoms with Crippen molar-refractivity contribution in [1.82, 2.24) is 14.8 Å². The smallest absolute Gasteiger partial charge is 0.412 e. The summed E-state index contributed by atoms with van der Waals surface area (Å²) in [6, 6.07) is 5.07. The predicted octanol–water partition coefficient (Wildman–Crippen LogP) is 5.17. The van der Waals surface area contributed by atoms with Gasteiger partial charge in [-0.3, -0.25) is 20.0 Å². The molecule has 11 nitrogen and oxygen atoms in total. The molecule has 0 radical (unpaired) electrons. The van der Waals surface area contributed by atoms with E-state index in [1.54, 1.807) is 54.8 Å². The van der Waals surface area contributed by atoms with Crippen molar-refractivity contribution in [2.75, 3.05) is 55.3 Å². The van der Waals surface area contributed by atoms with Crippen LogP contribution in [0.1, 0.15) is 36.8 Å². The zero-order valence-electron chi connectivity index (χ0n) is 22.8. The third-order valence-corrected chi connectivity index (χ3v) is 7.25. The molecule has 3 aromatic rings. The van der Waals surface area contributed by atoms with Crippen LogP contribution >= 0.6 is 22.7 Å². The molecule has 4 heterocycles. The number of anilines is 3. The minimum atomic E-state index is -0.641. The molecular formula is C27H34N6O5S2. The molecule has 3 aromatic heterocycles. The molecular weight excluding hydrogens is 552 g/mol. The van der Waals surface area contributed by atoms with Gasteiger partial charge in [0.2, 0.25) is 0 Å². The van der Waals surface area contributed by atoms with Crippen molar-refractivity contribution in [3.05, 3.63) is 57.2 Å². The molecule has 40 heavy (non-hydrogen) atoms. The van der Waals surface area contributed by atoms with Gasteiger partial charge in [0.15, 0.2) is 0 Å². The van der Waals surface area contributed by atoms with Gasteiger partial charge < -0.3 is 25.0 Å². The number of pyridine rings is 1. The molecule has 0 bridgehead atoms. The molecule has 1 aliphatic rings. The van der Waals surface area contributed by atoms with E-state index >= 15 is 0 Å². The third-order valence-electron chi connectivity index (χ3n) is 5.83. The van der Waals surface area contributed by atoms with Gasteiger partial charge in [0.1, 0.15) is 11.3 Å². The number of hydrogen-bond acceptors (Lipinski definition) is 9. The fourth-order valence-corrected chi connectivity index (χ4v) is 5.14. The number of nitrogens with one attached hydrogen (secondary N) is 3. The maximum Gasteiger partial charge on any atom is 0.412 e. The minimum absolute atomic E-state index is 0.198. The van der Waals surface area contributed by atoms with Crippen molar-refractivity contribution in [3.8, 4) is 0 Å². The molecule has 1 saturated heterocycles. The van der Waals surface area contributed by atoms with Gasteiger partial charge in [0.05, 0.1) is 30.3 Å². The fraction of sp³-hybridized carbons (Fsp3) is 0.407. The number of ether oxygens (including phenoxy) is 2. The Morgan fingerprint density at radius 3 is 2.42 bits per heavy atom. The van der Waals surface area contributed by atoms with Crippen LogP contribution in [0.5, 0.6) is 0 Å². The van der Waals surface area contributed by atoms with Gasteiger partial charge in [-0.05, 0) is 43.8 Å². The molecule has 0 unspecified atom stereocenters. The van der Waals surface area contributed by atoms with Gasteiger partial charge in [-0.2, -0.15) is 11.3 Å². The Hall–Kier alpha value is -3.52. The van der Waals surface area contributed by atoms with Crippen LogP contribution in [0.2, 0.25) is 0 Å².